The average Bonchev–Trinajstić information content (AvgIpc) is 2.65. The lowest BCUT2D eigenvalue weighted by Crippen LogP contribution is -2.18. The summed E-state index contributed by atoms with van der Waals surface area (Å²) in [5.74, 6) is -0.505. The lowest BCUT2D eigenvalue weighted by atomic mass is 10.1. The fourth-order valence-corrected chi connectivity index (χ4v) is 2.83. The summed E-state index contributed by atoms with van der Waals surface area (Å²) in [7, 11) is 0. The predicted octanol–water partition coefficient (Wildman–Crippen LogP) is 5.12. The first-order valence-corrected chi connectivity index (χ1v) is 8.79. The highest BCUT2D eigenvalue weighted by atomic mass is 16.2. The van der Waals surface area contributed by atoms with E-state index in [4.69, 9.17) is 0 Å². The third-order valence-corrected chi connectivity index (χ3v) is 4.34. The Morgan fingerprint density at radius 1 is 0.667 bits per heavy atom. The summed E-state index contributed by atoms with van der Waals surface area (Å²) < 4.78 is 0. The molecule has 136 valence electrons. The maximum absolute atomic E-state index is 12.8. The number of hydrogen-bond acceptors (Lipinski definition) is 2. The number of benzene rings is 3. The summed E-state index contributed by atoms with van der Waals surface area (Å²) in [5, 5.41) is 5.79. The van der Waals surface area contributed by atoms with Crippen LogP contribution in [0.15, 0.2) is 66.7 Å². The van der Waals surface area contributed by atoms with Gasteiger partial charge in [0, 0.05) is 11.3 Å². The van der Waals surface area contributed by atoms with Crippen molar-refractivity contribution in [3.05, 3.63) is 94.5 Å². The average molecular weight is 358 g/mol. The van der Waals surface area contributed by atoms with Crippen LogP contribution in [0.25, 0.3) is 0 Å². The van der Waals surface area contributed by atoms with Gasteiger partial charge in [0.1, 0.15) is 0 Å². The van der Waals surface area contributed by atoms with Gasteiger partial charge in [-0.15, -0.1) is 0 Å². The maximum Gasteiger partial charge on any atom is 0.257 e. The number of nitrogens with one attached hydrogen (secondary N) is 2. The van der Waals surface area contributed by atoms with Gasteiger partial charge >= 0.3 is 0 Å². The molecule has 0 radical (unpaired) electrons. The van der Waals surface area contributed by atoms with Crippen LogP contribution in [0.5, 0.6) is 0 Å². The number of amides is 2. The monoisotopic (exact) mass is 358 g/mol. The van der Waals surface area contributed by atoms with Crippen molar-refractivity contribution in [3.8, 4) is 0 Å². The zero-order valence-electron chi connectivity index (χ0n) is 15.7. The molecule has 4 heteroatoms. The fraction of sp³-hybridized carbons (Fsp3) is 0.130. The van der Waals surface area contributed by atoms with Crippen LogP contribution in [-0.4, -0.2) is 11.8 Å². The minimum absolute atomic E-state index is 0.245. The smallest absolute Gasteiger partial charge is 0.257 e. The summed E-state index contributed by atoms with van der Waals surface area (Å²) in [4.78, 5) is 25.4. The Balaban J connectivity index is 1.84. The normalized spacial score (nSPS) is 10.3. The summed E-state index contributed by atoms with van der Waals surface area (Å²) >= 11 is 0. The Morgan fingerprint density at radius 2 is 1.37 bits per heavy atom. The van der Waals surface area contributed by atoms with Gasteiger partial charge in [0.25, 0.3) is 11.8 Å². The summed E-state index contributed by atoms with van der Waals surface area (Å²) in [5.41, 5.74) is 5.27. The minimum Gasteiger partial charge on any atom is -0.322 e. The van der Waals surface area contributed by atoms with E-state index in [-0.39, 0.29) is 11.8 Å². The molecule has 0 fully saturated rings. The molecule has 27 heavy (non-hydrogen) atoms. The Morgan fingerprint density at radius 3 is 2.15 bits per heavy atom. The molecule has 0 saturated carbocycles. The molecule has 0 unspecified atom stereocenters. The third-order valence-electron chi connectivity index (χ3n) is 4.34. The van der Waals surface area contributed by atoms with E-state index in [1.54, 1.807) is 30.3 Å². The van der Waals surface area contributed by atoms with Crippen molar-refractivity contribution in [3.63, 3.8) is 0 Å². The van der Waals surface area contributed by atoms with E-state index in [1.807, 2.05) is 57.2 Å². The van der Waals surface area contributed by atoms with Gasteiger partial charge in [-0.1, -0.05) is 42.0 Å². The molecule has 0 aliphatic rings. The quantitative estimate of drug-likeness (QED) is 0.680. The van der Waals surface area contributed by atoms with Crippen molar-refractivity contribution in [1.82, 2.24) is 0 Å². The predicted molar refractivity (Wildman–Crippen MR) is 109 cm³/mol. The van der Waals surface area contributed by atoms with E-state index in [0.29, 0.717) is 16.8 Å². The van der Waals surface area contributed by atoms with E-state index in [0.717, 1.165) is 22.4 Å². The van der Waals surface area contributed by atoms with Crippen LogP contribution in [-0.2, 0) is 0 Å². The molecule has 0 aliphatic heterocycles. The molecule has 3 aromatic rings. The molecule has 0 spiro atoms. The van der Waals surface area contributed by atoms with Gasteiger partial charge in [-0.05, 0) is 62.2 Å². The van der Waals surface area contributed by atoms with E-state index in [1.165, 1.54) is 0 Å². The van der Waals surface area contributed by atoms with Crippen LogP contribution >= 0.6 is 0 Å². The van der Waals surface area contributed by atoms with Gasteiger partial charge in [-0.3, -0.25) is 9.59 Å². The van der Waals surface area contributed by atoms with Gasteiger partial charge in [0.05, 0.1) is 11.3 Å². The van der Waals surface area contributed by atoms with Crippen molar-refractivity contribution in [2.45, 2.75) is 20.8 Å². The van der Waals surface area contributed by atoms with Crippen LogP contribution in [0.2, 0.25) is 0 Å². The molecule has 3 rings (SSSR count). The van der Waals surface area contributed by atoms with Crippen LogP contribution in [0.1, 0.15) is 37.4 Å². The van der Waals surface area contributed by atoms with Crippen LogP contribution in [0, 0.1) is 20.8 Å². The number of hydrogen-bond donors (Lipinski definition) is 2. The second-order valence-electron chi connectivity index (χ2n) is 6.64. The summed E-state index contributed by atoms with van der Waals surface area (Å²) in [6, 6.07) is 20.2. The number of anilines is 2. The second-order valence-corrected chi connectivity index (χ2v) is 6.64. The third kappa shape index (κ3) is 4.42. The molecule has 0 aromatic heterocycles. The van der Waals surface area contributed by atoms with Crippen molar-refractivity contribution >= 4 is 23.2 Å². The van der Waals surface area contributed by atoms with Gasteiger partial charge in [-0.25, -0.2) is 0 Å². The molecule has 3 aromatic carbocycles. The number of rotatable bonds is 4. The standard InChI is InChI=1S/C23H22N2O2/c1-15-7-6-8-18(13-15)22(26)24-20-10-5-4-9-19(20)23(27)25-21-14-16(2)11-12-17(21)3/h4-14H,1-3H3,(H,24,26)(H,25,27). The van der Waals surface area contributed by atoms with Gasteiger partial charge in [0.2, 0.25) is 0 Å². The van der Waals surface area contributed by atoms with Crippen LogP contribution < -0.4 is 10.6 Å². The zero-order chi connectivity index (χ0) is 19.4. The molecule has 0 aliphatic carbocycles. The van der Waals surface area contributed by atoms with E-state index in [2.05, 4.69) is 10.6 Å². The molecule has 2 amide bonds. The Kier molecular flexibility index (Phi) is 5.36. The highest BCUT2D eigenvalue weighted by Gasteiger charge is 2.15. The Hall–Kier alpha value is -3.40. The maximum atomic E-state index is 12.8. The Bertz CT molecular complexity index is 1010. The molecule has 4 nitrogen and oxygen atoms in total. The SMILES string of the molecule is Cc1cccc(C(=O)Nc2ccccc2C(=O)Nc2cc(C)ccc2C)c1. The fourth-order valence-electron chi connectivity index (χ4n) is 2.83. The number of aryl methyl sites for hydroxylation is 3. The molecule has 2 N–H and O–H groups in total. The molecule has 0 heterocycles. The Labute approximate surface area is 159 Å². The number of carbonyl (C=O) groups is 2. The van der Waals surface area contributed by atoms with Gasteiger partial charge in [0.15, 0.2) is 0 Å². The first-order valence-electron chi connectivity index (χ1n) is 8.79. The highest BCUT2D eigenvalue weighted by Crippen LogP contribution is 2.21. The van der Waals surface area contributed by atoms with Crippen LogP contribution in [0.3, 0.4) is 0 Å². The number of para-hydroxylation sites is 1. The minimum atomic E-state index is -0.260. The first-order chi connectivity index (χ1) is 12.9. The van der Waals surface area contributed by atoms with Gasteiger partial charge in [-0.2, -0.15) is 0 Å². The van der Waals surface area contributed by atoms with Crippen LogP contribution in [0.4, 0.5) is 11.4 Å². The molecule has 0 bridgehead atoms. The first kappa shape index (κ1) is 18.4. The summed E-state index contributed by atoms with van der Waals surface area (Å²) in [6.45, 7) is 5.86. The highest BCUT2D eigenvalue weighted by molar-refractivity contribution is 6.12. The van der Waals surface area contributed by atoms with Crippen molar-refractivity contribution in [2.75, 3.05) is 10.6 Å². The topological polar surface area (TPSA) is 58.2 Å². The lowest BCUT2D eigenvalue weighted by molar-refractivity contribution is 0.102. The molecular weight excluding hydrogens is 336 g/mol. The second kappa shape index (κ2) is 7.87. The van der Waals surface area contributed by atoms with Crippen molar-refractivity contribution in [2.24, 2.45) is 0 Å². The molecule has 0 saturated heterocycles. The van der Waals surface area contributed by atoms with Crippen molar-refractivity contribution in [1.29, 1.82) is 0 Å². The summed E-state index contributed by atoms with van der Waals surface area (Å²) in [6.07, 6.45) is 0. The van der Waals surface area contributed by atoms with E-state index < -0.39 is 0 Å². The largest absolute Gasteiger partial charge is 0.322 e. The van der Waals surface area contributed by atoms with E-state index >= 15 is 0 Å². The lowest BCUT2D eigenvalue weighted by Gasteiger charge is -2.13. The number of carbonyl (C=O) groups excluding carboxylic acids is 2. The molecule has 0 atom stereocenters. The zero-order valence-corrected chi connectivity index (χ0v) is 15.7. The van der Waals surface area contributed by atoms with Gasteiger partial charge < -0.3 is 10.6 Å². The van der Waals surface area contributed by atoms with E-state index in [9.17, 15) is 9.59 Å². The van der Waals surface area contributed by atoms with Crippen molar-refractivity contribution < 1.29 is 9.59 Å². The molecular formula is C23H22N2O2.